The fourth-order valence-electron chi connectivity index (χ4n) is 1.38. The predicted molar refractivity (Wildman–Crippen MR) is 78.4 cm³/mol. The molecule has 0 radical (unpaired) electrons. The standard InChI is InChI=1S/C12H16N4O3S/c13-11(20)8-3-1-2-4-9(8)19-7-10(17)15-5-6-16-12(14)18/h1-4H,5-7H2,(H2,13,20)(H,15,17)(H3,14,16,18). The summed E-state index contributed by atoms with van der Waals surface area (Å²) in [6.45, 7) is 0.350. The number of hydrogen-bond acceptors (Lipinski definition) is 4. The van der Waals surface area contributed by atoms with Gasteiger partial charge in [0.05, 0.1) is 5.56 Å². The van der Waals surface area contributed by atoms with Gasteiger partial charge >= 0.3 is 6.03 Å². The molecule has 1 aromatic rings. The van der Waals surface area contributed by atoms with Crippen LogP contribution in [-0.2, 0) is 4.79 Å². The summed E-state index contributed by atoms with van der Waals surface area (Å²) in [5.74, 6) is 0.124. The fraction of sp³-hybridized carbons (Fsp3) is 0.250. The van der Waals surface area contributed by atoms with Gasteiger partial charge in [-0.1, -0.05) is 24.4 Å². The van der Waals surface area contributed by atoms with Crippen molar-refractivity contribution >= 4 is 29.1 Å². The van der Waals surface area contributed by atoms with Crippen LogP contribution < -0.4 is 26.8 Å². The van der Waals surface area contributed by atoms with Gasteiger partial charge in [-0.25, -0.2) is 4.79 Å². The summed E-state index contributed by atoms with van der Waals surface area (Å²) in [5.41, 5.74) is 11.0. The Hall–Kier alpha value is -2.35. The third-order valence-electron chi connectivity index (χ3n) is 2.26. The van der Waals surface area contributed by atoms with E-state index >= 15 is 0 Å². The van der Waals surface area contributed by atoms with Crippen molar-refractivity contribution < 1.29 is 14.3 Å². The molecule has 0 aliphatic rings. The number of carbonyl (C=O) groups excluding carboxylic acids is 2. The van der Waals surface area contributed by atoms with E-state index in [-0.39, 0.29) is 30.6 Å². The third-order valence-corrected chi connectivity index (χ3v) is 2.48. The monoisotopic (exact) mass is 296 g/mol. The molecule has 0 heterocycles. The number of benzene rings is 1. The average Bonchev–Trinajstić information content (AvgIpc) is 2.41. The highest BCUT2D eigenvalue weighted by atomic mass is 32.1. The lowest BCUT2D eigenvalue weighted by molar-refractivity contribution is -0.123. The molecule has 0 atom stereocenters. The molecule has 7 nitrogen and oxygen atoms in total. The molecule has 8 heteroatoms. The van der Waals surface area contributed by atoms with Crippen LogP contribution in [-0.4, -0.2) is 36.6 Å². The molecule has 20 heavy (non-hydrogen) atoms. The number of ether oxygens (including phenoxy) is 1. The average molecular weight is 296 g/mol. The van der Waals surface area contributed by atoms with Crippen LogP contribution in [0.25, 0.3) is 0 Å². The van der Waals surface area contributed by atoms with E-state index in [0.717, 1.165) is 0 Å². The van der Waals surface area contributed by atoms with Crippen molar-refractivity contribution in [1.29, 1.82) is 0 Å². The van der Waals surface area contributed by atoms with Crippen molar-refractivity contribution in [1.82, 2.24) is 10.6 Å². The highest BCUT2D eigenvalue weighted by Gasteiger charge is 2.07. The first kappa shape index (κ1) is 15.7. The maximum Gasteiger partial charge on any atom is 0.312 e. The van der Waals surface area contributed by atoms with Crippen molar-refractivity contribution in [2.45, 2.75) is 0 Å². The van der Waals surface area contributed by atoms with Crippen LogP contribution in [0.5, 0.6) is 5.75 Å². The van der Waals surface area contributed by atoms with Crippen molar-refractivity contribution in [3.8, 4) is 5.75 Å². The van der Waals surface area contributed by atoms with Crippen molar-refractivity contribution in [2.75, 3.05) is 19.7 Å². The summed E-state index contributed by atoms with van der Waals surface area (Å²) in [6, 6.07) is 6.28. The van der Waals surface area contributed by atoms with Crippen molar-refractivity contribution in [2.24, 2.45) is 11.5 Å². The van der Waals surface area contributed by atoms with Crippen molar-refractivity contribution in [3.05, 3.63) is 29.8 Å². The number of carbonyl (C=O) groups is 2. The maximum absolute atomic E-state index is 11.5. The molecule has 0 aromatic heterocycles. The third kappa shape index (κ3) is 5.53. The summed E-state index contributed by atoms with van der Waals surface area (Å²) in [6.07, 6.45) is 0. The molecule has 0 unspecified atom stereocenters. The number of thiocarbonyl (C=S) groups is 1. The number of para-hydroxylation sites is 1. The molecule has 0 fully saturated rings. The zero-order valence-electron chi connectivity index (χ0n) is 10.7. The number of nitrogens with one attached hydrogen (secondary N) is 2. The normalized spacial score (nSPS) is 9.60. The molecule has 0 saturated carbocycles. The summed E-state index contributed by atoms with van der Waals surface area (Å²) in [4.78, 5) is 22.1. The van der Waals surface area contributed by atoms with E-state index < -0.39 is 6.03 Å². The van der Waals surface area contributed by atoms with Gasteiger partial charge in [-0.3, -0.25) is 4.79 Å². The zero-order valence-corrected chi connectivity index (χ0v) is 11.5. The van der Waals surface area contributed by atoms with Gasteiger partial charge in [0.2, 0.25) is 0 Å². The van der Waals surface area contributed by atoms with Crippen LogP contribution in [0.3, 0.4) is 0 Å². The van der Waals surface area contributed by atoms with Crippen LogP contribution in [0.15, 0.2) is 24.3 Å². The largest absolute Gasteiger partial charge is 0.483 e. The van der Waals surface area contributed by atoms with Gasteiger partial charge in [0.25, 0.3) is 5.91 Å². The molecular weight excluding hydrogens is 280 g/mol. The summed E-state index contributed by atoms with van der Waals surface area (Å²) in [5, 5.41) is 4.91. The summed E-state index contributed by atoms with van der Waals surface area (Å²) < 4.78 is 5.35. The van der Waals surface area contributed by atoms with E-state index in [1.165, 1.54) is 0 Å². The lowest BCUT2D eigenvalue weighted by atomic mass is 10.2. The maximum atomic E-state index is 11.5. The van der Waals surface area contributed by atoms with Gasteiger partial charge < -0.3 is 26.8 Å². The number of urea groups is 1. The molecule has 0 aliphatic carbocycles. The molecular formula is C12H16N4O3S. The highest BCUT2D eigenvalue weighted by Crippen LogP contribution is 2.17. The SMILES string of the molecule is NC(=O)NCCNC(=O)COc1ccccc1C(N)=S. The van der Waals surface area contributed by atoms with E-state index in [1.54, 1.807) is 24.3 Å². The Labute approximate surface area is 121 Å². The van der Waals surface area contributed by atoms with Gasteiger partial charge in [-0.2, -0.15) is 0 Å². The number of rotatable bonds is 7. The Balaban J connectivity index is 2.38. The summed E-state index contributed by atoms with van der Waals surface area (Å²) in [7, 11) is 0. The van der Waals surface area contributed by atoms with Crippen LogP contribution in [0.4, 0.5) is 4.79 Å². The minimum Gasteiger partial charge on any atom is -0.483 e. The van der Waals surface area contributed by atoms with E-state index in [4.69, 9.17) is 28.4 Å². The second-order valence-corrected chi connectivity index (χ2v) is 4.23. The van der Waals surface area contributed by atoms with Gasteiger partial charge in [-0.05, 0) is 12.1 Å². The molecule has 1 aromatic carbocycles. The molecule has 3 amide bonds. The van der Waals surface area contributed by atoms with Gasteiger partial charge in [-0.15, -0.1) is 0 Å². The van der Waals surface area contributed by atoms with E-state index in [9.17, 15) is 9.59 Å². The van der Waals surface area contributed by atoms with Crippen LogP contribution in [0.2, 0.25) is 0 Å². The molecule has 0 spiro atoms. The molecule has 6 N–H and O–H groups in total. The van der Waals surface area contributed by atoms with Gasteiger partial charge in [0.15, 0.2) is 6.61 Å². The minimum atomic E-state index is -0.638. The van der Waals surface area contributed by atoms with Crippen molar-refractivity contribution in [3.63, 3.8) is 0 Å². The second-order valence-electron chi connectivity index (χ2n) is 3.79. The molecule has 0 aliphatic heterocycles. The Bertz CT molecular complexity index is 507. The Morgan fingerprint density at radius 3 is 2.45 bits per heavy atom. The Kier molecular flexibility index (Phi) is 6.24. The number of amides is 3. The fourth-order valence-corrected chi connectivity index (χ4v) is 1.55. The van der Waals surface area contributed by atoms with Gasteiger partial charge in [0, 0.05) is 13.1 Å². The smallest absolute Gasteiger partial charge is 0.312 e. The first-order valence-corrected chi connectivity index (χ1v) is 6.23. The predicted octanol–water partition coefficient (Wildman–Crippen LogP) is -0.516. The topological polar surface area (TPSA) is 119 Å². The number of hydrogen-bond donors (Lipinski definition) is 4. The van der Waals surface area contributed by atoms with Crippen LogP contribution in [0, 0.1) is 0 Å². The number of primary amides is 1. The van der Waals surface area contributed by atoms with E-state index in [1.807, 2.05) is 0 Å². The zero-order chi connectivity index (χ0) is 15.0. The first-order chi connectivity index (χ1) is 9.50. The molecule has 0 bridgehead atoms. The summed E-state index contributed by atoms with van der Waals surface area (Å²) >= 11 is 4.88. The Morgan fingerprint density at radius 1 is 1.15 bits per heavy atom. The van der Waals surface area contributed by atoms with Crippen LogP contribution in [0.1, 0.15) is 5.56 Å². The quantitative estimate of drug-likeness (QED) is 0.399. The molecule has 0 saturated heterocycles. The highest BCUT2D eigenvalue weighted by molar-refractivity contribution is 7.80. The van der Waals surface area contributed by atoms with E-state index in [0.29, 0.717) is 11.3 Å². The minimum absolute atomic E-state index is 0.170. The second kappa shape index (κ2) is 7.95. The van der Waals surface area contributed by atoms with E-state index in [2.05, 4.69) is 10.6 Å². The first-order valence-electron chi connectivity index (χ1n) is 5.82. The van der Waals surface area contributed by atoms with Crippen LogP contribution >= 0.6 is 12.2 Å². The lowest BCUT2D eigenvalue weighted by Crippen LogP contribution is -2.38. The molecule has 1 rings (SSSR count). The number of nitrogens with two attached hydrogens (primary N) is 2. The molecule has 108 valence electrons. The lowest BCUT2D eigenvalue weighted by Gasteiger charge is -2.10. The van der Waals surface area contributed by atoms with Gasteiger partial charge in [0.1, 0.15) is 10.7 Å². The Morgan fingerprint density at radius 2 is 1.80 bits per heavy atom.